The van der Waals surface area contributed by atoms with Crippen LogP contribution in [0.2, 0.25) is 0 Å². The lowest BCUT2D eigenvalue weighted by molar-refractivity contribution is 0.785. The third-order valence-corrected chi connectivity index (χ3v) is 0.599. The molecule has 0 unspecified atom stereocenters. The van der Waals surface area contributed by atoms with Gasteiger partial charge in [0.25, 0.3) is 0 Å². The van der Waals surface area contributed by atoms with Gasteiger partial charge in [-0.25, -0.2) is 0 Å². The first-order valence-corrected chi connectivity index (χ1v) is 2.90. The molecule has 0 atom stereocenters. The van der Waals surface area contributed by atoms with E-state index in [0.717, 1.165) is 0 Å². The van der Waals surface area contributed by atoms with Gasteiger partial charge in [0.1, 0.15) is 0 Å². The first kappa shape index (κ1) is 1.02. The zero-order chi connectivity index (χ0) is 12.7. The zero-order valence-electron chi connectivity index (χ0n) is 12.1. The number of hydrogen-bond acceptors (Lipinski definition) is 0. The van der Waals surface area contributed by atoms with E-state index in [-0.39, 0.29) is 4.43 Å². The molecule has 0 aromatic rings. The second kappa shape index (κ2) is 5.73. The van der Waals surface area contributed by atoms with Gasteiger partial charge >= 0.3 is 0 Å². The first-order chi connectivity index (χ1) is 6.31. The van der Waals surface area contributed by atoms with Gasteiger partial charge in [0.2, 0.25) is 0 Å². The fourth-order valence-corrected chi connectivity index (χ4v) is 0.268. The van der Waals surface area contributed by atoms with Crippen molar-refractivity contribution in [2.75, 3.05) is 4.43 Å². The molecule has 0 saturated heterocycles. The minimum atomic E-state index is -3.23. The van der Waals surface area contributed by atoms with Gasteiger partial charge in [-0.05, 0) is 10.8 Å². The normalized spacial score (nSPS) is 40.5. The van der Waals surface area contributed by atoms with Crippen LogP contribution < -0.4 is 0 Å². The summed E-state index contributed by atoms with van der Waals surface area (Å²) >= 11 is 1.56. The summed E-state index contributed by atoms with van der Waals surface area (Å²) in [4.78, 5) is 0. The molecule has 38 valence electrons. The summed E-state index contributed by atoms with van der Waals surface area (Å²) in [6.45, 7) is -3.20. The third-order valence-electron chi connectivity index (χ3n) is 0.218. The van der Waals surface area contributed by atoms with Crippen molar-refractivity contribution >= 4 is 22.6 Å². The molecule has 0 rings (SSSR count). The van der Waals surface area contributed by atoms with Gasteiger partial charge in [-0.1, -0.05) is 42.2 Å². The quantitative estimate of drug-likeness (QED) is 0.493. The van der Waals surface area contributed by atoms with E-state index in [1.807, 2.05) is 0 Å². The summed E-state index contributed by atoms with van der Waals surface area (Å²) in [7, 11) is 0. The van der Waals surface area contributed by atoms with Crippen LogP contribution in [0.5, 0.6) is 0 Å². The summed E-state index contributed by atoms with van der Waals surface area (Å²) in [6, 6.07) is 0. The molecule has 0 fully saturated rings. The molecule has 0 aromatic heterocycles. The molecule has 0 spiro atoms. The molecule has 0 aliphatic heterocycles. The predicted molar refractivity (Wildman–Crippen MR) is 38.4 cm³/mol. The average Bonchev–Trinajstić information content (AvgIpc) is 2.01. The van der Waals surface area contributed by atoms with Gasteiger partial charge in [0, 0.05) is 12.3 Å². The Morgan fingerprint density at radius 3 is 3.17 bits per heavy atom. The third kappa shape index (κ3) is 4.73. The molecule has 0 nitrogen and oxygen atoms in total. The van der Waals surface area contributed by atoms with Crippen molar-refractivity contribution < 1.29 is 12.3 Å². The van der Waals surface area contributed by atoms with Crippen LogP contribution in [0.1, 0.15) is 38.3 Å². The highest BCUT2D eigenvalue weighted by atomic mass is 127. The van der Waals surface area contributed by atoms with Crippen molar-refractivity contribution in [3.63, 3.8) is 0 Å². The number of rotatable bonds is 3. The smallest absolute Gasteiger partial charge is 0.0274 e. The average molecular weight is 207 g/mol. The fraction of sp³-hybridized carbons (Fsp3) is 1.00. The Kier molecular flexibility index (Phi) is 0.973. The SMILES string of the molecule is [2H]C([2H])([2H])C([2H])([2H])C([2H])([2H])C([2H])([2H])CI. The van der Waals surface area contributed by atoms with Crippen molar-refractivity contribution in [2.45, 2.75) is 26.0 Å². The Morgan fingerprint density at radius 1 is 1.83 bits per heavy atom. The highest BCUT2D eigenvalue weighted by Gasteiger charge is 1.76. The Morgan fingerprint density at radius 2 is 2.67 bits per heavy atom. The molecule has 0 radical (unpaired) electrons. The molecule has 0 aliphatic carbocycles. The molecule has 0 bridgehead atoms. The van der Waals surface area contributed by atoms with Crippen LogP contribution in [-0.2, 0) is 0 Å². The van der Waals surface area contributed by atoms with Gasteiger partial charge in [0.15, 0.2) is 0 Å². The zero-order valence-corrected chi connectivity index (χ0v) is 5.24. The Hall–Kier alpha value is 0.730. The van der Waals surface area contributed by atoms with Crippen molar-refractivity contribution in [3.8, 4) is 0 Å². The molecule has 0 aromatic carbocycles. The van der Waals surface area contributed by atoms with Crippen LogP contribution in [0, 0.1) is 0 Å². The van der Waals surface area contributed by atoms with Gasteiger partial charge in [-0.15, -0.1) is 0 Å². The maximum atomic E-state index is 7.34. The van der Waals surface area contributed by atoms with Crippen LogP contribution in [0.3, 0.4) is 0 Å². The van der Waals surface area contributed by atoms with Crippen molar-refractivity contribution in [1.29, 1.82) is 0 Å². The lowest BCUT2D eigenvalue weighted by Crippen LogP contribution is -1.70. The maximum Gasteiger partial charge on any atom is 0.0274 e. The molecule has 0 heterocycles. The molecular weight excluding hydrogens is 187 g/mol. The van der Waals surface area contributed by atoms with Crippen molar-refractivity contribution in [2.24, 2.45) is 0 Å². The lowest BCUT2D eigenvalue weighted by Gasteiger charge is -1.85. The van der Waals surface area contributed by atoms with Crippen molar-refractivity contribution in [1.82, 2.24) is 0 Å². The summed E-state index contributed by atoms with van der Waals surface area (Å²) in [5.74, 6) is 0. The van der Waals surface area contributed by atoms with Crippen LogP contribution in [0.25, 0.3) is 0 Å². The van der Waals surface area contributed by atoms with Gasteiger partial charge < -0.3 is 0 Å². The highest BCUT2D eigenvalue weighted by molar-refractivity contribution is 14.1. The van der Waals surface area contributed by atoms with Gasteiger partial charge in [0.05, 0.1) is 0 Å². The molecule has 0 amide bonds. The van der Waals surface area contributed by atoms with Crippen LogP contribution >= 0.6 is 22.6 Å². The van der Waals surface area contributed by atoms with E-state index in [9.17, 15) is 0 Å². The summed E-state index contributed by atoms with van der Waals surface area (Å²) in [6.07, 6.45) is -8.84. The minimum absolute atomic E-state index is 0.326. The predicted octanol–water partition coefficient (Wildman–Crippen LogP) is 2.61. The second-order valence-electron chi connectivity index (χ2n) is 0.560. The summed E-state index contributed by atoms with van der Waals surface area (Å²) < 4.78 is 64.1. The molecule has 0 N–H and O–H groups in total. The standard InChI is InChI=1S/C5H11I/c1-2-3-4-5-6/h2-5H2,1H3/i1D3,2D2,3D2,4D2. The van der Waals surface area contributed by atoms with E-state index in [1.54, 1.807) is 22.6 Å². The largest absolute Gasteiger partial charge is 0.0864 e. The molecule has 0 aliphatic rings. The van der Waals surface area contributed by atoms with Crippen molar-refractivity contribution in [3.05, 3.63) is 0 Å². The molecular formula is C5H11I. The Balaban J connectivity index is 5.38. The van der Waals surface area contributed by atoms with Gasteiger partial charge in [-0.3, -0.25) is 0 Å². The van der Waals surface area contributed by atoms with E-state index < -0.39 is 26.0 Å². The monoisotopic (exact) mass is 207 g/mol. The van der Waals surface area contributed by atoms with E-state index in [0.29, 0.717) is 0 Å². The van der Waals surface area contributed by atoms with E-state index in [2.05, 4.69) is 0 Å². The van der Waals surface area contributed by atoms with Crippen LogP contribution in [0.4, 0.5) is 0 Å². The minimum Gasteiger partial charge on any atom is -0.0864 e. The van der Waals surface area contributed by atoms with Crippen LogP contribution in [-0.4, -0.2) is 4.43 Å². The fourth-order valence-electron chi connectivity index (χ4n) is 0.0776. The summed E-state index contributed by atoms with van der Waals surface area (Å²) in [5, 5.41) is 0. The Labute approximate surface area is 66.1 Å². The molecule has 1 heteroatoms. The van der Waals surface area contributed by atoms with E-state index in [1.165, 1.54) is 0 Å². The molecule has 0 saturated carbocycles. The Bertz CT molecular complexity index is 229. The maximum absolute atomic E-state index is 7.34. The lowest BCUT2D eigenvalue weighted by atomic mass is 10.3. The second-order valence-corrected chi connectivity index (χ2v) is 1.32. The topological polar surface area (TPSA) is 0 Å². The van der Waals surface area contributed by atoms with E-state index in [4.69, 9.17) is 12.3 Å². The van der Waals surface area contributed by atoms with Crippen LogP contribution in [0.15, 0.2) is 0 Å². The number of hydrogen-bond donors (Lipinski definition) is 0. The number of halogens is 1. The number of alkyl halides is 1. The highest BCUT2D eigenvalue weighted by Crippen LogP contribution is 1.96. The first-order valence-electron chi connectivity index (χ1n) is 5.87. The molecule has 6 heavy (non-hydrogen) atoms. The van der Waals surface area contributed by atoms with Gasteiger partial charge in [-0.2, -0.15) is 0 Å². The van der Waals surface area contributed by atoms with E-state index >= 15 is 0 Å². The summed E-state index contributed by atoms with van der Waals surface area (Å²) in [5.41, 5.74) is 0.